The molecule has 0 aliphatic carbocycles. The summed E-state index contributed by atoms with van der Waals surface area (Å²) in [6.07, 6.45) is 2.15. The monoisotopic (exact) mass is 257 g/mol. The quantitative estimate of drug-likeness (QED) is 0.898. The number of benzene rings is 1. The van der Waals surface area contributed by atoms with Gasteiger partial charge in [0.2, 0.25) is 0 Å². The van der Waals surface area contributed by atoms with Gasteiger partial charge in [-0.3, -0.25) is 4.79 Å². The Hall–Kier alpha value is -1.86. The number of hydrogen-bond acceptors (Lipinski definition) is 3. The molecule has 0 saturated carbocycles. The van der Waals surface area contributed by atoms with Gasteiger partial charge in [0.25, 0.3) is 5.91 Å². The van der Waals surface area contributed by atoms with Gasteiger partial charge in [0.15, 0.2) is 0 Å². The zero-order chi connectivity index (χ0) is 13.7. The molecule has 1 aliphatic rings. The van der Waals surface area contributed by atoms with Gasteiger partial charge in [0.1, 0.15) is 0 Å². The molecule has 4 nitrogen and oxygen atoms in total. The maximum atomic E-state index is 12.5. The average Bonchev–Trinajstić information content (AvgIpc) is 2.49. The second kappa shape index (κ2) is 6.35. The molecule has 0 bridgehead atoms. The number of carbonyl (C=O) groups is 1. The van der Waals surface area contributed by atoms with Crippen LogP contribution in [-0.4, -0.2) is 36.5 Å². The van der Waals surface area contributed by atoms with Crippen molar-refractivity contribution in [3.63, 3.8) is 0 Å². The van der Waals surface area contributed by atoms with Crippen LogP contribution < -0.4 is 5.32 Å². The highest BCUT2D eigenvalue weighted by molar-refractivity contribution is 5.94. The molecule has 1 saturated heterocycles. The van der Waals surface area contributed by atoms with E-state index in [-0.39, 0.29) is 11.9 Å². The summed E-state index contributed by atoms with van der Waals surface area (Å²) in [7, 11) is 0. The summed E-state index contributed by atoms with van der Waals surface area (Å²) < 4.78 is 0. The second-order valence-electron chi connectivity index (χ2n) is 4.78. The Morgan fingerprint density at radius 1 is 1.58 bits per heavy atom. The average molecular weight is 257 g/mol. The van der Waals surface area contributed by atoms with Gasteiger partial charge in [0.05, 0.1) is 11.6 Å². The molecule has 0 spiro atoms. The van der Waals surface area contributed by atoms with Gasteiger partial charge in [-0.05, 0) is 44.5 Å². The summed E-state index contributed by atoms with van der Waals surface area (Å²) in [5, 5.41) is 12.2. The molecule has 1 amide bonds. The van der Waals surface area contributed by atoms with Crippen molar-refractivity contribution in [3.05, 3.63) is 35.4 Å². The van der Waals surface area contributed by atoms with Crippen LogP contribution in [0.2, 0.25) is 0 Å². The molecule has 1 fully saturated rings. The minimum absolute atomic E-state index is 0.0216. The van der Waals surface area contributed by atoms with Gasteiger partial charge in [-0.15, -0.1) is 0 Å². The first-order valence-electron chi connectivity index (χ1n) is 6.78. The van der Waals surface area contributed by atoms with Crippen LogP contribution in [0.1, 0.15) is 35.7 Å². The summed E-state index contributed by atoms with van der Waals surface area (Å²) in [5.41, 5.74) is 1.13. The summed E-state index contributed by atoms with van der Waals surface area (Å²) in [4.78, 5) is 14.4. The Balaban J connectivity index is 2.17. The molecule has 4 heteroatoms. The third kappa shape index (κ3) is 3.12. The number of nitrogens with zero attached hydrogens (tertiary/aromatic N) is 2. The zero-order valence-electron chi connectivity index (χ0n) is 11.2. The molecule has 1 atom stereocenters. The van der Waals surface area contributed by atoms with E-state index in [1.54, 1.807) is 24.3 Å². The Morgan fingerprint density at radius 2 is 2.42 bits per heavy atom. The number of piperidine rings is 1. The Labute approximate surface area is 114 Å². The standard InChI is InChI=1S/C15H19N3O/c1-2-18(14-7-4-8-17-11-14)15(19)13-6-3-5-12(9-13)10-16/h3,5-6,9,14,17H,2,4,7-8,11H2,1H3. The van der Waals surface area contributed by atoms with Crippen molar-refractivity contribution in [1.29, 1.82) is 5.26 Å². The molecule has 1 N–H and O–H groups in total. The van der Waals surface area contributed by atoms with E-state index >= 15 is 0 Å². The van der Waals surface area contributed by atoms with Crippen LogP contribution in [-0.2, 0) is 0 Å². The smallest absolute Gasteiger partial charge is 0.254 e. The largest absolute Gasteiger partial charge is 0.335 e. The number of nitriles is 1. The zero-order valence-corrected chi connectivity index (χ0v) is 11.2. The Kier molecular flexibility index (Phi) is 4.53. The maximum absolute atomic E-state index is 12.5. The molecular weight excluding hydrogens is 238 g/mol. The lowest BCUT2D eigenvalue weighted by Gasteiger charge is -2.34. The van der Waals surface area contributed by atoms with Gasteiger partial charge in [-0.2, -0.15) is 5.26 Å². The number of amides is 1. The first-order valence-corrected chi connectivity index (χ1v) is 6.78. The van der Waals surface area contributed by atoms with Crippen molar-refractivity contribution in [2.45, 2.75) is 25.8 Å². The van der Waals surface area contributed by atoms with E-state index in [1.807, 2.05) is 11.8 Å². The fourth-order valence-corrected chi connectivity index (χ4v) is 2.55. The van der Waals surface area contributed by atoms with E-state index in [1.165, 1.54) is 0 Å². The number of carbonyl (C=O) groups excluding carboxylic acids is 1. The molecular formula is C15H19N3O. The van der Waals surface area contributed by atoms with Gasteiger partial charge in [0, 0.05) is 24.7 Å². The summed E-state index contributed by atoms with van der Waals surface area (Å²) >= 11 is 0. The maximum Gasteiger partial charge on any atom is 0.254 e. The van der Waals surface area contributed by atoms with E-state index in [0.717, 1.165) is 25.9 Å². The summed E-state index contributed by atoms with van der Waals surface area (Å²) in [6.45, 7) is 4.59. The Bertz CT molecular complexity index is 486. The SMILES string of the molecule is CCN(C(=O)c1cccc(C#N)c1)C1CCCNC1. The third-order valence-corrected chi connectivity index (χ3v) is 3.55. The molecule has 2 rings (SSSR count). The van der Waals surface area contributed by atoms with Crippen molar-refractivity contribution in [1.82, 2.24) is 10.2 Å². The fourth-order valence-electron chi connectivity index (χ4n) is 2.55. The van der Waals surface area contributed by atoms with Crippen LogP contribution >= 0.6 is 0 Å². The number of rotatable bonds is 3. The van der Waals surface area contributed by atoms with Crippen molar-refractivity contribution in [2.24, 2.45) is 0 Å². The molecule has 1 unspecified atom stereocenters. The molecule has 19 heavy (non-hydrogen) atoms. The van der Waals surface area contributed by atoms with Crippen molar-refractivity contribution in [2.75, 3.05) is 19.6 Å². The predicted molar refractivity (Wildman–Crippen MR) is 73.8 cm³/mol. The highest BCUT2D eigenvalue weighted by Gasteiger charge is 2.24. The highest BCUT2D eigenvalue weighted by Crippen LogP contribution is 2.15. The minimum atomic E-state index is 0.0216. The van der Waals surface area contributed by atoms with Crippen LogP contribution in [0, 0.1) is 11.3 Å². The molecule has 1 aromatic carbocycles. The van der Waals surface area contributed by atoms with Crippen LogP contribution in [0.5, 0.6) is 0 Å². The molecule has 0 aromatic heterocycles. The van der Waals surface area contributed by atoms with Gasteiger partial charge >= 0.3 is 0 Å². The Morgan fingerprint density at radius 3 is 3.05 bits per heavy atom. The van der Waals surface area contributed by atoms with E-state index in [9.17, 15) is 4.79 Å². The normalized spacial score (nSPS) is 18.6. The van der Waals surface area contributed by atoms with E-state index < -0.39 is 0 Å². The molecule has 1 heterocycles. The molecule has 0 radical (unpaired) electrons. The lowest BCUT2D eigenvalue weighted by Crippen LogP contribution is -2.48. The lowest BCUT2D eigenvalue weighted by atomic mass is 10.0. The molecule has 100 valence electrons. The van der Waals surface area contributed by atoms with Gasteiger partial charge in [-0.1, -0.05) is 6.07 Å². The van der Waals surface area contributed by atoms with Crippen molar-refractivity contribution < 1.29 is 4.79 Å². The number of hydrogen-bond donors (Lipinski definition) is 1. The first kappa shape index (κ1) is 13.6. The van der Waals surface area contributed by atoms with Crippen molar-refractivity contribution in [3.8, 4) is 6.07 Å². The number of likely N-dealkylation sites (N-methyl/N-ethyl adjacent to an activating group) is 1. The number of nitrogens with one attached hydrogen (secondary N) is 1. The van der Waals surface area contributed by atoms with Gasteiger partial charge < -0.3 is 10.2 Å². The van der Waals surface area contributed by atoms with Crippen LogP contribution in [0.3, 0.4) is 0 Å². The minimum Gasteiger partial charge on any atom is -0.335 e. The van der Waals surface area contributed by atoms with Gasteiger partial charge in [-0.25, -0.2) is 0 Å². The van der Waals surface area contributed by atoms with E-state index in [4.69, 9.17) is 5.26 Å². The predicted octanol–water partition coefficient (Wildman–Crippen LogP) is 1.77. The third-order valence-electron chi connectivity index (χ3n) is 3.55. The van der Waals surface area contributed by atoms with Crippen LogP contribution in [0.4, 0.5) is 0 Å². The lowest BCUT2D eigenvalue weighted by molar-refractivity contribution is 0.0662. The fraction of sp³-hybridized carbons (Fsp3) is 0.467. The molecule has 1 aromatic rings. The summed E-state index contributed by atoms with van der Waals surface area (Å²) in [6, 6.07) is 9.26. The molecule has 1 aliphatic heterocycles. The van der Waals surface area contributed by atoms with Crippen molar-refractivity contribution >= 4 is 5.91 Å². The topological polar surface area (TPSA) is 56.1 Å². The first-order chi connectivity index (χ1) is 9.26. The summed E-state index contributed by atoms with van der Waals surface area (Å²) in [5.74, 6) is 0.0216. The van der Waals surface area contributed by atoms with E-state index in [0.29, 0.717) is 17.7 Å². The highest BCUT2D eigenvalue weighted by atomic mass is 16.2. The second-order valence-corrected chi connectivity index (χ2v) is 4.78. The van der Waals surface area contributed by atoms with Crippen LogP contribution in [0.15, 0.2) is 24.3 Å². The van der Waals surface area contributed by atoms with Crippen LogP contribution in [0.25, 0.3) is 0 Å². The van der Waals surface area contributed by atoms with E-state index in [2.05, 4.69) is 11.4 Å².